The number of hydrogen-bond acceptors (Lipinski definition) is 2. The van der Waals surface area contributed by atoms with Crippen molar-refractivity contribution in [1.29, 1.82) is 0 Å². The lowest BCUT2D eigenvalue weighted by molar-refractivity contribution is -0.164. The molecule has 0 bridgehead atoms. The number of alkyl halides is 5. The van der Waals surface area contributed by atoms with Gasteiger partial charge in [-0.1, -0.05) is 6.07 Å². The summed E-state index contributed by atoms with van der Waals surface area (Å²) in [5.41, 5.74) is -1.17. The summed E-state index contributed by atoms with van der Waals surface area (Å²) in [5, 5.41) is 0. The number of carbonyl (C=O) groups is 1. The Morgan fingerprint density at radius 1 is 1.24 bits per heavy atom. The van der Waals surface area contributed by atoms with E-state index in [2.05, 4.69) is 4.74 Å². The number of rotatable bonds is 0. The zero-order valence-electron chi connectivity index (χ0n) is 8.15. The molecule has 1 aliphatic rings. The summed E-state index contributed by atoms with van der Waals surface area (Å²) < 4.78 is 67.0. The number of halogens is 5. The maximum Gasteiger partial charge on any atom is 0.416 e. The Labute approximate surface area is 92.0 Å². The highest BCUT2D eigenvalue weighted by Crippen LogP contribution is 2.38. The fraction of sp³-hybridized carbons (Fsp3) is 0.300. The molecule has 0 radical (unpaired) electrons. The van der Waals surface area contributed by atoms with Crippen molar-refractivity contribution in [2.24, 2.45) is 0 Å². The molecule has 0 aliphatic carbocycles. The highest BCUT2D eigenvalue weighted by atomic mass is 19.4. The van der Waals surface area contributed by atoms with E-state index in [9.17, 15) is 26.7 Å². The molecule has 0 atom stereocenters. The molecule has 1 aromatic rings. The maximum atomic E-state index is 12.9. The lowest BCUT2D eigenvalue weighted by Crippen LogP contribution is -2.39. The van der Waals surface area contributed by atoms with E-state index in [0.717, 1.165) is 6.07 Å². The molecular weight excluding hydrogens is 247 g/mol. The Morgan fingerprint density at radius 2 is 1.88 bits per heavy atom. The van der Waals surface area contributed by atoms with E-state index in [1.807, 2.05) is 0 Å². The third-order valence-electron chi connectivity index (χ3n) is 2.31. The highest BCUT2D eigenvalue weighted by Gasteiger charge is 2.46. The lowest BCUT2D eigenvalue weighted by Gasteiger charge is -2.23. The standard InChI is InChI=1S/C10H5F5O2/c11-9(12)4-5-1-2-6(10(13,14)15)3-7(5)17-8(9)16/h1-3H,4H2. The number of fused-ring (bicyclic) bond motifs is 1. The highest BCUT2D eigenvalue weighted by molar-refractivity contribution is 5.82. The van der Waals surface area contributed by atoms with Crippen LogP contribution >= 0.6 is 0 Å². The smallest absolute Gasteiger partial charge is 0.416 e. The summed E-state index contributed by atoms with van der Waals surface area (Å²) in [4.78, 5) is 10.8. The van der Waals surface area contributed by atoms with Crippen LogP contribution in [0.4, 0.5) is 22.0 Å². The summed E-state index contributed by atoms with van der Waals surface area (Å²) in [5.74, 6) is -5.98. The summed E-state index contributed by atoms with van der Waals surface area (Å²) in [6.45, 7) is 0. The van der Waals surface area contributed by atoms with Crippen molar-refractivity contribution >= 4 is 5.97 Å². The van der Waals surface area contributed by atoms with E-state index >= 15 is 0 Å². The Balaban J connectivity index is 2.43. The fourth-order valence-electron chi connectivity index (χ4n) is 1.46. The van der Waals surface area contributed by atoms with Gasteiger partial charge in [-0.2, -0.15) is 22.0 Å². The minimum Gasteiger partial charge on any atom is -0.422 e. The Bertz CT molecular complexity index is 478. The van der Waals surface area contributed by atoms with Gasteiger partial charge in [-0.3, -0.25) is 0 Å². The zero-order chi connectivity index (χ0) is 12.8. The second-order valence-corrected chi connectivity index (χ2v) is 3.59. The predicted octanol–water partition coefficient (Wildman–Crippen LogP) is 2.80. The molecule has 0 aromatic heterocycles. The first-order chi connectivity index (χ1) is 7.70. The summed E-state index contributed by atoms with van der Waals surface area (Å²) in [6, 6.07) is 2.11. The molecule has 0 saturated heterocycles. The van der Waals surface area contributed by atoms with Gasteiger partial charge in [0.05, 0.1) is 12.0 Å². The van der Waals surface area contributed by atoms with E-state index in [1.54, 1.807) is 0 Å². The van der Waals surface area contributed by atoms with E-state index in [4.69, 9.17) is 0 Å². The summed E-state index contributed by atoms with van der Waals surface area (Å²) in [7, 11) is 0. The number of hydrogen-bond donors (Lipinski definition) is 0. The van der Waals surface area contributed by atoms with Crippen LogP contribution in [0.3, 0.4) is 0 Å². The van der Waals surface area contributed by atoms with E-state index in [-0.39, 0.29) is 5.56 Å². The Morgan fingerprint density at radius 3 is 2.47 bits per heavy atom. The zero-order valence-corrected chi connectivity index (χ0v) is 8.15. The van der Waals surface area contributed by atoms with Crippen molar-refractivity contribution < 1.29 is 31.5 Å². The first kappa shape index (κ1) is 11.8. The van der Waals surface area contributed by atoms with Crippen LogP contribution in [0.1, 0.15) is 11.1 Å². The number of benzene rings is 1. The van der Waals surface area contributed by atoms with Gasteiger partial charge in [-0.25, -0.2) is 4.79 Å². The molecule has 0 amide bonds. The first-order valence-electron chi connectivity index (χ1n) is 4.50. The summed E-state index contributed by atoms with van der Waals surface area (Å²) in [6.07, 6.45) is -5.55. The van der Waals surface area contributed by atoms with Crippen LogP contribution in [-0.2, 0) is 17.4 Å². The molecule has 92 valence electrons. The van der Waals surface area contributed by atoms with Crippen LogP contribution in [0.15, 0.2) is 18.2 Å². The van der Waals surface area contributed by atoms with E-state index < -0.39 is 35.8 Å². The average molecular weight is 252 g/mol. The van der Waals surface area contributed by atoms with Gasteiger partial charge in [0.15, 0.2) is 0 Å². The lowest BCUT2D eigenvalue weighted by atomic mass is 10.0. The molecule has 7 heteroatoms. The van der Waals surface area contributed by atoms with Gasteiger partial charge in [-0.15, -0.1) is 0 Å². The molecule has 0 saturated carbocycles. The topological polar surface area (TPSA) is 26.3 Å². The molecule has 2 nitrogen and oxygen atoms in total. The van der Waals surface area contributed by atoms with Crippen molar-refractivity contribution in [3.05, 3.63) is 29.3 Å². The molecular formula is C10H5F5O2. The van der Waals surface area contributed by atoms with Crippen LogP contribution < -0.4 is 4.74 Å². The van der Waals surface area contributed by atoms with Gasteiger partial charge >= 0.3 is 18.1 Å². The molecule has 0 N–H and O–H groups in total. The van der Waals surface area contributed by atoms with Crippen LogP contribution in [0.25, 0.3) is 0 Å². The third-order valence-corrected chi connectivity index (χ3v) is 2.31. The molecule has 1 aromatic carbocycles. The van der Waals surface area contributed by atoms with Crippen molar-refractivity contribution in [2.75, 3.05) is 0 Å². The Hall–Kier alpha value is -1.66. The van der Waals surface area contributed by atoms with E-state index in [1.165, 1.54) is 0 Å². The van der Waals surface area contributed by atoms with Crippen molar-refractivity contribution in [3.63, 3.8) is 0 Å². The van der Waals surface area contributed by atoms with Crippen molar-refractivity contribution in [2.45, 2.75) is 18.5 Å². The molecule has 1 heterocycles. The molecule has 1 aliphatic heterocycles. The van der Waals surface area contributed by atoms with Gasteiger partial charge in [0.25, 0.3) is 0 Å². The first-order valence-corrected chi connectivity index (χ1v) is 4.50. The number of esters is 1. The maximum absolute atomic E-state index is 12.9. The molecule has 2 rings (SSSR count). The van der Waals surface area contributed by atoms with Crippen LogP contribution in [0.5, 0.6) is 5.75 Å². The van der Waals surface area contributed by atoms with Crippen LogP contribution in [0.2, 0.25) is 0 Å². The van der Waals surface area contributed by atoms with Crippen molar-refractivity contribution in [3.8, 4) is 5.75 Å². The predicted molar refractivity (Wildman–Crippen MR) is 45.7 cm³/mol. The van der Waals surface area contributed by atoms with Gasteiger partial charge in [0.1, 0.15) is 5.75 Å². The SMILES string of the molecule is O=C1Oc2cc(C(F)(F)F)ccc2CC1(F)F. The molecule has 0 spiro atoms. The largest absolute Gasteiger partial charge is 0.422 e. The summed E-state index contributed by atoms with van der Waals surface area (Å²) >= 11 is 0. The normalized spacial score (nSPS) is 18.5. The van der Waals surface area contributed by atoms with Crippen molar-refractivity contribution in [1.82, 2.24) is 0 Å². The van der Waals surface area contributed by atoms with Gasteiger partial charge in [0, 0.05) is 5.56 Å². The molecule has 0 fully saturated rings. The molecule has 0 unspecified atom stereocenters. The Kier molecular flexibility index (Phi) is 2.37. The average Bonchev–Trinajstić information content (AvgIpc) is 2.17. The van der Waals surface area contributed by atoms with Gasteiger partial charge < -0.3 is 4.74 Å². The van der Waals surface area contributed by atoms with E-state index in [0.29, 0.717) is 12.1 Å². The molecule has 17 heavy (non-hydrogen) atoms. The monoisotopic (exact) mass is 252 g/mol. The van der Waals surface area contributed by atoms with Gasteiger partial charge in [0.2, 0.25) is 0 Å². The van der Waals surface area contributed by atoms with Crippen LogP contribution in [-0.4, -0.2) is 11.9 Å². The fourth-order valence-corrected chi connectivity index (χ4v) is 1.46. The number of carbonyl (C=O) groups excluding carboxylic acids is 1. The second kappa shape index (κ2) is 3.41. The quantitative estimate of drug-likeness (QED) is 0.403. The minimum atomic E-state index is -4.61. The third kappa shape index (κ3) is 2.09. The van der Waals surface area contributed by atoms with Crippen LogP contribution in [0, 0.1) is 0 Å². The number of ether oxygens (including phenoxy) is 1. The minimum absolute atomic E-state index is 0.123. The second-order valence-electron chi connectivity index (χ2n) is 3.59. The van der Waals surface area contributed by atoms with Gasteiger partial charge in [-0.05, 0) is 12.1 Å².